The largest absolute Gasteiger partial charge is 0.382 e. The van der Waals surface area contributed by atoms with Crippen molar-refractivity contribution in [3.05, 3.63) is 18.1 Å². The molecule has 1 heterocycles. The number of rotatable bonds is 9. The number of methoxy groups -OCH3 is 1. The van der Waals surface area contributed by atoms with Crippen molar-refractivity contribution in [1.29, 1.82) is 5.26 Å². The van der Waals surface area contributed by atoms with Gasteiger partial charge < -0.3 is 14.8 Å². The molecule has 0 amide bonds. The van der Waals surface area contributed by atoms with Crippen molar-refractivity contribution in [2.24, 2.45) is 0 Å². The van der Waals surface area contributed by atoms with Crippen LogP contribution in [-0.2, 0) is 9.47 Å². The first-order valence-electron chi connectivity index (χ1n) is 5.90. The maximum Gasteiger partial charge on any atom is 0.182 e. The number of hydrogen-bond acceptors (Lipinski definition) is 6. The predicted octanol–water partition coefficient (Wildman–Crippen LogP) is 1.20. The van der Waals surface area contributed by atoms with Crippen LogP contribution in [0.2, 0.25) is 0 Å². The third-order valence-corrected chi connectivity index (χ3v) is 2.24. The highest BCUT2D eigenvalue weighted by Gasteiger charge is 2.01. The molecule has 0 aliphatic rings. The molecule has 0 fully saturated rings. The highest BCUT2D eigenvalue weighted by Crippen LogP contribution is 2.06. The van der Waals surface area contributed by atoms with E-state index in [4.69, 9.17) is 14.7 Å². The van der Waals surface area contributed by atoms with Gasteiger partial charge in [0.05, 0.1) is 13.2 Å². The van der Waals surface area contributed by atoms with E-state index in [1.54, 1.807) is 13.3 Å². The second-order valence-electron chi connectivity index (χ2n) is 3.60. The molecule has 0 saturated carbocycles. The summed E-state index contributed by atoms with van der Waals surface area (Å²) in [7, 11) is 1.65. The molecule has 0 spiro atoms. The number of hydrogen-bond donors (Lipinski definition) is 1. The van der Waals surface area contributed by atoms with Crippen LogP contribution in [0.4, 0.5) is 5.82 Å². The number of anilines is 1. The summed E-state index contributed by atoms with van der Waals surface area (Å²) in [6.07, 6.45) is 4.98. The monoisotopic (exact) mass is 250 g/mol. The molecule has 0 aliphatic carbocycles. The summed E-state index contributed by atoms with van der Waals surface area (Å²) >= 11 is 0. The van der Waals surface area contributed by atoms with E-state index < -0.39 is 0 Å². The maximum absolute atomic E-state index is 8.82. The van der Waals surface area contributed by atoms with Crippen LogP contribution in [0, 0.1) is 11.3 Å². The van der Waals surface area contributed by atoms with E-state index in [-0.39, 0.29) is 0 Å². The van der Waals surface area contributed by atoms with Gasteiger partial charge in [0.1, 0.15) is 6.07 Å². The van der Waals surface area contributed by atoms with Gasteiger partial charge in [-0.3, -0.25) is 0 Å². The molecule has 1 rings (SSSR count). The molecule has 0 unspecified atom stereocenters. The lowest BCUT2D eigenvalue weighted by Crippen LogP contribution is -2.08. The molecule has 0 saturated heterocycles. The Kier molecular flexibility index (Phi) is 7.44. The SMILES string of the molecule is COCCOCCCCNc1nccnc1C#N. The average Bonchev–Trinajstić information content (AvgIpc) is 2.42. The number of nitrogens with one attached hydrogen (secondary N) is 1. The molecule has 0 atom stereocenters. The number of nitrogens with zero attached hydrogens (tertiary/aromatic N) is 3. The van der Waals surface area contributed by atoms with Gasteiger partial charge in [-0.2, -0.15) is 5.26 Å². The molecule has 0 aliphatic heterocycles. The minimum atomic E-state index is 0.328. The molecular formula is C12H18N4O2. The Morgan fingerprint density at radius 3 is 2.83 bits per heavy atom. The van der Waals surface area contributed by atoms with Crippen molar-refractivity contribution in [3.63, 3.8) is 0 Å². The summed E-state index contributed by atoms with van der Waals surface area (Å²) in [5.41, 5.74) is 0.328. The van der Waals surface area contributed by atoms with E-state index in [0.29, 0.717) is 24.7 Å². The van der Waals surface area contributed by atoms with Gasteiger partial charge in [0, 0.05) is 32.7 Å². The van der Waals surface area contributed by atoms with Gasteiger partial charge >= 0.3 is 0 Å². The van der Waals surface area contributed by atoms with Crippen LogP contribution in [0.3, 0.4) is 0 Å². The van der Waals surface area contributed by atoms with Crippen molar-refractivity contribution in [3.8, 4) is 6.07 Å². The fourth-order valence-corrected chi connectivity index (χ4v) is 1.33. The Hall–Kier alpha value is -1.71. The molecule has 1 aromatic heterocycles. The first-order valence-corrected chi connectivity index (χ1v) is 5.90. The molecule has 18 heavy (non-hydrogen) atoms. The van der Waals surface area contributed by atoms with E-state index in [1.165, 1.54) is 6.20 Å². The van der Waals surface area contributed by atoms with E-state index >= 15 is 0 Å². The van der Waals surface area contributed by atoms with Gasteiger partial charge in [0.15, 0.2) is 11.5 Å². The van der Waals surface area contributed by atoms with Gasteiger partial charge in [0.25, 0.3) is 0 Å². The van der Waals surface area contributed by atoms with Crippen LogP contribution < -0.4 is 5.32 Å². The summed E-state index contributed by atoms with van der Waals surface area (Å²) in [4.78, 5) is 7.99. The zero-order valence-corrected chi connectivity index (χ0v) is 10.6. The Bertz CT molecular complexity index is 379. The van der Waals surface area contributed by atoms with Crippen LogP contribution >= 0.6 is 0 Å². The molecule has 0 radical (unpaired) electrons. The Labute approximate surface area is 107 Å². The minimum absolute atomic E-state index is 0.328. The number of unbranched alkanes of at least 4 members (excludes halogenated alkanes) is 1. The van der Waals surface area contributed by atoms with Crippen LogP contribution in [0.1, 0.15) is 18.5 Å². The second-order valence-corrected chi connectivity index (χ2v) is 3.60. The molecule has 1 aromatic rings. The van der Waals surface area contributed by atoms with E-state index in [9.17, 15) is 0 Å². The molecular weight excluding hydrogens is 232 g/mol. The van der Waals surface area contributed by atoms with Crippen LogP contribution in [0.15, 0.2) is 12.4 Å². The highest BCUT2D eigenvalue weighted by atomic mass is 16.5. The smallest absolute Gasteiger partial charge is 0.182 e. The van der Waals surface area contributed by atoms with Gasteiger partial charge in [-0.15, -0.1) is 0 Å². The fourth-order valence-electron chi connectivity index (χ4n) is 1.33. The quantitative estimate of drug-likeness (QED) is 0.663. The third kappa shape index (κ3) is 5.57. The topological polar surface area (TPSA) is 80.1 Å². The van der Waals surface area contributed by atoms with Crippen molar-refractivity contribution >= 4 is 5.82 Å². The number of ether oxygens (including phenoxy) is 2. The average molecular weight is 250 g/mol. The lowest BCUT2D eigenvalue weighted by atomic mass is 10.3. The van der Waals surface area contributed by atoms with Gasteiger partial charge in [-0.25, -0.2) is 9.97 Å². The fraction of sp³-hybridized carbons (Fsp3) is 0.583. The lowest BCUT2D eigenvalue weighted by molar-refractivity contribution is 0.0691. The molecule has 0 aromatic carbocycles. The standard InChI is InChI=1S/C12H18N4O2/c1-17-8-9-18-7-3-2-4-15-12-11(10-13)14-5-6-16-12/h5-6H,2-4,7-9H2,1H3,(H,15,16). The minimum Gasteiger partial charge on any atom is -0.382 e. The lowest BCUT2D eigenvalue weighted by Gasteiger charge is -2.06. The number of aromatic nitrogens is 2. The third-order valence-electron chi connectivity index (χ3n) is 2.24. The summed E-state index contributed by atoms with van der Waals surface area (Å²) < 4.78 is 10.2. The zero-order chi connectivity index (χ0) is 13.1. The van der Waals surface area contributed by atoms with E-state index in [1.807, 2.05) is 6.07 Å². The molecule has 0 bridgehead atoms. The first-order chi connectivity index (χ1) is 8.88. The zero-order valence-electron chi connectivity index (χ0n) is 10.6. The second kappa shape index (κ2) is 9.33. The predicted molar refractivity (Wildman–Crippen MR) is 67.2 cm³/mol. The molecule has 6 nitrogen and oxygen atoms in total. The summed E-state index contributed by atoms with van der Waals surface area (Å²) in [6.45, 7) is 2.73. The van der Waals surface area contributed by atoms with Crippen molar-refractivity contribution < 1.29 is 9.47 Å². The summed E-state index contributed by atoms with van der Waals surface area (Å²) in [6, 6.07) is 2.00. The number of nitriles is 1. The van der Waals surface area contributed by atoms with Crippen LogP contribution in [-0.4, -0.2) is 43.4 Å². The summed E-state index contributed by atoms with van der Waals surface area (Å²) in [5, 5.41) is 11.9. The maximum atomic E-state index is 8.82. The van der Waals surface area contributed by atoms with Crippen molar-refractivity contribution in [2.45, 2.75) is 12.8 Å². The Morgan fingerprint density at radius 2 is 2.06 bits per heavy atom. The van der Waals surface area contributed by atoms with Crippen molar-refractivity contribution in [2.75, 3.05) is 38.8 Å². The first kappa shape index (κ1) is 14.4. The van der Waals surface area contributed by atoms with Crippen molar-refractivity contribution in [1.82, 2.24) is 9.97 Å². The van der Waals surface area contributed by atoms with Gasteiger partial charge in [-0.1, -0.05) is 0 Å². The molecule has 98 valence electrons. The Balaban J connectivity index is 2.09. The summed E-state index contributed by atoms with van der Waals surface area (Å²) in [5.74, 6) is 0.542. The van der Waals surface area contributed by atoms with Crippen LogP contribution in [0.5, 0.6) is 0 Å². The molecule has 1 N–H and O–H groups in total. The van der Waals surface area contributed by atoms with Gasteiger partial charge in [-0.05, 0) is 12.8 Å². The van der Waals surface area contributed by atoms with Gasteiger partial charge in [0.2, 0.25) is 0 Å². The normalized spacial score (nSPS) is 10.0. The van der Waals surface area contributed by atoms with E-state index in [2.05, 4.69) is 15.3 Å². The molecule has 6 heteroatoms. The van der Waals surface area contributed by atoms with E-state index in [0.717, 1.165) is 26.0 Å². The highest BCUT2D eigenvalue weighted by molar-refractivity contribution is 5.46. The Morgan fingerprint density at radius 1 is 1.22 bits per heavy atom. The van der Waals surface area contributed by atoms with Crippen LogP contribution in [0.25, 0.3) is 0 Å².